The largest absolute Gasteiger partial charge is 0.354 e. The van der Waals surface area contributed by atoms with Gasteiger partial charge in [-0.05, 0) is 63.3 Å². The number of nitrogens with zero attached hydrogens (tertiary/aromatic N) is 2. The maximum atomic E-state index is 13.4. The fourth-order valence-corrected chi connectivity index (χ4v) is 5.11. The second-order valence-electron chi connectivity index (χ2n) is 9.56. The number of amides is 2. The van der Waals surface area contributed by atoms with Crippen molar-refractivity contribution in [2.24, 2.45) is 0 Å². The molecule has 7 nitrogen and oxygen atoms in total. The second kappa shape index (κ2) is 13.4. The molecule has 36 heavy (non-hydrogen) atoms. The van der Waals surface area contributed by atoms with Crippen LogP contribution in [0.1, 0.15) is 61.8 Å². The van der Waals surface area contributed by atoms with Gasteiger partial charge in [-0.25, -0.2) is 8.42 Å². The van der Waals surface area contributed by atoms with Crippen molar-refractivity contribution in [3.8, 4) is 0 Å². The zero-order chi connectivity index (χ0) is 26.9. The van der Waals surface area contributed by atoms with Crippen molar-refractivity contribution in [2.75, 3.05) is 23.7 Å². The topological polar surface area (TPSA) is 86.8 Å². The predicted molar refractivity (Wildman–Crippen MR) is 146 cm³/mol. The molecular weight excluding hydrogens is 474 g/mol. The summed E-state index contributed by atoms with van der Waals surface area (Å²) in [4.78, 5) is 27.8. The van der Waals surface area contributed by atoms with Gasteiger partial charge in [0.2, 0.25) is 21.8 Å². The van der Waals surface area contributed by atoms with Gasteiger partial charge in [0.15, 0.2) is 0 Å². The molecule has 0 saturated carbocycles. The molecule has 0 aromatic heterocycles. The van der Waals surface area contributed by atoms with Gasteiger partial charge in [0, 0.05) is 26.1 Å². The highest BCUT2D eigenvalue weighted by Crippen LogP contribution is 2.24. The van der Waals surface area contributed by atoms with Crippen LogP contribution in [0.15, 0.2) is 42.5 Å². The first-order valence-electron chi connectivity index (χ1n) is 12.6. The average Bonchev–Trinajstić information content (AvgIpc) is 2.81. The first-order valence-corrected chi connectivity index (χ1v) is 14.5. The van der Waals surface area contributed by atoms with Crippen molar-refractivity contribution in [3.05, 3.63) is 64.7 Å². The van der Waals surface area contributed by atoms with Crippen molar-refractivity contribution in [1.29, 1.82) is 0 Å². The summed E-state index contributed by atoms with van der Waals surface area (Å²) in [7, 11) is -3.53. The van der Waals surface area contributed by atoms with Crippen LogP contribution in [0.25, 0.3) is 0 Å². The first kappa shape index (κ1) is 29.4. The number of carbonyl (C=O) groups excluding carboxylic acids is 2. The quantitative estimate of drug-likeness (QED) is 0.398. The van der Waals surface area contributed by atoms with Crippen LogP contribution in [0.5, 0.6) is 0 Å². The number of aryl methyl sites for hydroxylation is 3. The second-order valence-corrected chi connectivity index (χ2v) is 11.5. The first-order chi connectivity index (χ1) is 16.9. The Balaban J connectivity index is 2.18. The van der Waals surface area contributed by atoms with Crippen LogP contribution in [0.3, 0.4) is 0 Å². The molecule has 1 atom stereocenters. The molecule has 1 N–H and O–H groups in total. The van der Waals surface area contributed by atoms with Crippen LogP contribution >= 0.6 is 0 Å². The van der Waals surface area contributed by atoms with E-state index in [1.54, 1.807) is 11.8 Å². The van der Waals surface area contributed by atoms with Crippen molar-refractivity contribution in [1.82, 2.24) is 10.2 Å². The third-order valence-corrected chi connectivity index (χ3v) is 7.40. The molecule has 8 heteroatoms. The molecule has 0 fully saturated rings. The van der Waals surface area contributed by atoms with Crippen LogP contribution in [0.2, 0.25) is 0 Å². The van der Waals surface area contributed by atoms with Gasteiger partial charge in [0.05, 0.1) is 11.9 Å². The minimum atomic E-state index is -3.53. The van der Waals surface area contributed by atoms with E-state index in [1.165, 1.54) is 10.6 Å². The van der Waals surface area contributed by atoms with E-state index in [0.29, 0.717) is 25.2 Å². The van der Waals surface area contributed by atoms with Gasteiger partial charge in [-0.2, -0.15) is 0 Å². The third-order valence-electron chi connectivity index (χ3n) is 6.22. The standard InChI is InChI=1S/C28H41N3O4S/c1-7-8-16-29-28(33)24(5)30(20-25-12-9-11-21(2)18-25)27(32)13-10-17-31(36(6,34)35)26-19-22(3)14-15-23(26)4/h9,11-12,14-15,18-19,24H,7-8,10,13,16-17,20H2,1-6H3,(H,29,33)/t24-/m0/s1. The van der Waals surface area contributed by atoms with Gasteiger partial charge in [-0.3, -0.25) is 13.9 Å². The van der Waals surface area contributed by atoms with E-state index in [0.717, 1.165) is 35.1 Å². The Kier molecular flexibility index (Phi) is 11.0. The molecular formula is C28H41N3O4S. The Morgan fingerprint density at radius 1 is 1.00 bits per heavy atom. The molecule has 0 spiro atoms. The van der Waals surface area contributed by atoms with Crippen LogP contribution in [-0.2, 0) is 26.2 Å². The van der Waals surface area contributed by atoms with Gasteiger partial charge in [-0.15, -0.1) is 0 Å². The summed E-state index contributed by atoms with van der Waals surface area (Å²) in [6, 6.07) is 12.9. The molecule has 0 aliphatic rings. The van der Waals surface area contributed by atoms with E-state index < -0.39 is 16.1 Å². The lowest BCUT2D eigenvalue weighted by Gasteiger charge is -2.30. The molecule has 2 aromatic carbocycles. The van der Waals surface area contributed by atoms with Gasteiger partial charge in [0.1, 0.15) is 6.04 Å². The van der Waals surface area contributed by atoms with Crippen LogP contribution in [0.4, 0.5) is 5.69 Å². The molecule has 0 heterocycles. The molecule has 2 amide bonds. The normalized spacial score (nSPS) is 12.2. The molecule has 2 rings (SSSR count). The number of sulfonamides is 1. The van der Waals surface area contributed by atoms with Crippen LogP contribution in [0, 0.1) is 20.8 Å². The van der Waals surface area contributed by atoms with E-state index in [2.05, 4.69) is 12.2 Å². The van der Waals surface area contributed by atoms with Gasteiger partial charge in [-0.1, -0.05) is 55.3 Å². The highest BCUT2D eigenvalue weighted by Gasteiger charge is 2.26. The molecule has 198 valence electrons. The Morgan fingerprint density at radius 3 is 2.33 bits per heavy atom. The fraction of sp³-hybridized carbons (Fsp3) is 0.500. The number of nitrogens with one attached hydrogen (secondary N) is 1. The molecule has 2 aromatic rings. The summed E-state index contributed by atoms with van der Waals surface area (Å²) in [6.07, 6.45) is 3.51. The van der Waals surface area contributed by atoms with E-state index in [4.69, 9.17) is 0 Å². The number of rotatable bonds is 13. The Labute approximate surface area is 216 Å². The minimum Gasteiger partial charge on any atom is -0.354 e. The maximum Gasteiger partial charge on any atom is 0.242 e. The minimum absolute atomic E-state index is 0.134. The van der Waals surface area contributed by atoms with Crippen LogP contribution in [-0.4, -0.2) is 50.5 Å². The van der Waals surface area contributed by atoms with E-state index in [-0.39, 0.29) is 24.8 Å². The van der Waals surface area contributed by atoms with Gasteiger partial charge in [0.25, 0.3) is 0 Å². The van der Waals surface area contributed by atoms with Crippen molar-refractivity contribution >= 4 is 27.5 Å². The molecule has 0 unspecified atom stereocenters. The third kappa shape index (κ3) is 8.66. The number of anilines is 1. The summed E-state index contributed by atoms with van der Waals surface area (Å²) >= 11 is 0. The summed E-state index contributed by atoms with van der Waals surface area (Å²) in [5, 5.41) is 2.92. The zero-order valence-electron chi connectivity index (χ0n) is 22.5. The molecule has 0 radical (unpaired) electrons. The lowest BCUT2D eigenvalue weighted by Crippen LogP contribution is -2.48. The number of benzene rings is 2. The smallest absolute Gasteiger partial charge is 0.242 e. The van der Waals surface area contributed by atoms with Crippen LogP contribution < -0.4 is 9.62 Å². The maximum absolute atomic E-state index is 13.4. The molecule has 0 saturated heterocycles. The summed E-state index contributed by atoms with van der Waals surface area (Å²) < 4.78 is 26.5. The predicted octanol–water partition coefficient (Wildman–Crippen LogP) is 4.49. The fourth-order valence-electron chi connectivity index (χ4n) is 4.10. The summed E-state index contributed by atoms with van der Waals surface area (Å²) in [6.45, 7) is 10.7. The molecule has 0 aliphatic carbocycles. The summed E-state index contributed by atoms with van der Waals surface area (Å²) in [5.41, 5.74) is 4.48. The number of carbonyl (C=O) groups is 2. The van der Waals surface area contributed by atoms with Gasteiger partial charge >= 0.3 is 0 Å². The highest BCUT2D eigenvalue weighted by molar-refractivity contribution is 7.92. The lowest BCUT2D eigenvalue weighted by atomic mass is 10.1. The Bertz CT molecular complexity index is 1150. The molecule has 0 bridgehead atoms. The number of hydrogen-bond acceptors (Lipinski definition) is 4. The number of hydrogen-bond donors (Lipinski definition) is 1. The Morgan fingerprint density at radius 2 is 1.69 bits per heavy atom. The van der Waals surface area contributed by atoms with E-state index in [1.807, 2.05) is 63.2 Å². The van der Waals surface area contributed by atoms with Gasteiger partial charge < -0.3 is 10.2 Å². The average molecular weight is 516 g/mol. The SMILES string of the molecule is CCCCNC(=O)[C@H](C)N(Cc1cccc(C)c1)C(=O)CCCN(c1cc(C)ccc1C)S(C)(=O)=O. The van der Waals surface area contributed by atoms with E-state index >= 15 is 0 Å². The lowest BCUT2D eigenvalue weighted by molar-refractivity contribution is -0.140. The van der Waals surface area contributed by atoms with E-state index in [9.17, 15) is 18.0 Å². The van der Waals surface area contributed by atoms with Crippen molar-refractivity contribution < 1.29 is 18.0 Å². The van der Waals surface area contributed by atoms with Crippen molar-refractivity contribution in [2.45, 2.75) is 72.9 Å². The Hall–Kier alpha value is -2.87. The monoisotopic (exact) mass is 515 g/mol. The number of unbranched alkanes of at least 4 members (excludes halogenated alkanes) is 1. The van der Waals surface area contributed by atoms with Crippen molar-refractivity contribution in [3.63, 3.8) is 0 Å². The summed E-state index contributed by atoms with van der Waals surface area (Å²) in [5.74, 6) is -0.360. The highest BCUT2D eigenvalue weighted by atomic mass is 32.2. The molecule has 0 aliphatic heterocycles. The zero-order valence-corrected chi connectivity index (χ0v) is 23.3.